The summed E-state index contributed by atoms with van der Waals surface area (Å²) in [5.41, 5.74) is 0.788. The zero-order valence-corrected chi connectivity index (χ0v) is 16.2. The fourth-order valence-corrected chi connectivity index (χ4v) is 3.58. The van der Waals surface area contributed by atoms with E-state index in [1.807, 2.05) is 13.0 Å². The van der Waals surface area contributed by atoms with Gasteiger partial charge in [0.05, 0.1) is 18.2 Å². The summed E-state index contributed by atoms with van der Waals surface area (Å²) in [6.07, 6.45) is 7.00. The number of rotatable bonds is 6. The summed E-state index contributed by atoms with van der Waals surface area (Å²) in [5, 5.41) is 12.4. The monoisotopic (exact) mass is 406 g/mol. The molecule has 1 aromatic carbocycles. The molecule has 1 fully saturated rings. The fourth-order valence-electron chi connectivity index (χ4n) is 2.96. The van der Waals surface area contributed by atoms with Crippen molar-refractivity contribution in [1.82, 2.24) is 5.32 Å². The second-order valence-electron chi connectivity index (χ2n) is 5.95. The van der Waals surface area contributed by atoms with Crippen LogP contribution in [0.5, 0.6) is 11.5 Å². The first-order chi connectivity index (χ1) is 12.1. The van der Waals surface area contributed by atoms with Gasteiger partial charge in [-0.1, -0.05) is 19.3 Å². The molecule has 0 radical (unpaired) electrons. The third-order valence-corrected chi connectivity index (χ3v) is 4.74. The van der Waals surface area contributed by atoms with Gasteiger partial charge in [-0.3, -0.25) is 4.79 Å². The van der Waals surface area contributed by atoms with Crippen LogP contribution in [-0.4, -0.2) is 25.7 Å². The lowest BCUT2D eigenvalue weighted by Crippen LogP contribution is -2.36. The van der Waals surface area contributed by atoms with Gasteiger partial charge in [-0.05, 0) is 59.5 Å². The molecular formula is C19H23BrN2O3. The Morgan fingerprint density at radius 2 is 2.12 bits per heavy atom. The van der Waals surface area contributed by atoms with E-state index in [0.717, 1.165) is 25.7 Å². The lowest BCUT2D eigenvalue weighted by Gasteiger charge is -2.22. The third-order valence-electron chi connectivity index (χ3n) is 4.15. The summed E-state index contributed by atoms with van der Waals surface area (Å²) in [7, 11) is 1.57. The second kappa shape index (κ2) is 9.47. The smallest absolute Gasteiger partial charge is 0.262 e. The first-order valence-electron chi connectivity index (χ1n) is 8.52. The minimum atomic E-state index is -0.320. The number of nitriles is 1. The predicted octanol–water partition coefficient (Wildman–Crippen LogP) is 4.21. The molecule has 25 heavy (non-hydrogen) atoms. The zero-order chi connectivity index (χ0) is 18.2. The van der Waals surface area contributed by atoms with E-state index < -0.39 is 0 Å². The Labute approximate surface area is 157 Å². The number of hydrogen-bond donors (Lipinski definition) is 1. The van der Waals surface area contributed by atoms with Crippen molar-refractivity contribution in [3.63, 3.8) is 0 Å². The number of ether oxygens (including phenoxy) is 2. The molecule has 0 spiro atoms. The normalized spacial score (nSPS) is 15.4. The summed E-state index contributed by atoms with van der Waals surface area (Å²) in [4.78, 5) is 12.4. The molecule has 0 bridgehead atoms. The number of carbonyl (C=O) groups excluding carboxylic acids is 1. The van der Waals surface area contributed by atoms with E-state index in [-0.39, 0.29) is 17.5 Å². The lowest BCUT2D eigenvalue weighted by molar-refractivity contribution is -0.117. The molecule has 1 saturated carbocycles. The lowest BCUT2D eigenvalue weighted by atomic mass is 9.95. The maximum absolute atomic E-state index is 12.4. The molecule has 1 N–H and O–H groups in total. The topological polar surface area (TPSA) is 71.3 Å². The number of halogens is 1. The van der Waals surface area contributed by atoms with Crippen LogP contribution in [0.4, 0.5) is 0 Å². The maximum atomic E-state index is 12.4. The van der Waals surface area contributed by atoms with Crippen molar-refractivity contribution >= 4 is 27.9 Å². The molecule has 1 aliphatic rings. The number of amides is 1. The van der Waals surface area contributed by atoms with Gasteiger partial charge >= 0.3 is 0 Å². The highest BCUT2D eigenvalue weighted by Crippen LogP contribution is 2.37. The molecular weight excluding hydrogens is 384 g/mol. The summed E-state index contributed by atoms with van der Waals surface area (Å²) < 4.78 is 11.6. The third kappa shape index (κ3) is 5.23. The van der Waals surface area contributed by atoms with Crippen LogP contribution < -0.4 is 14.8 Å². The summed E-state index contributed by atoms with van der Waals surface area (Å²) >= 11 is 3.44. The molecule has 5 nitrogen and oxygen atoms in total. The molecule has 2 rings (SSSR count). The van der Waals surface area contributed by atoms with Crippen LogP contribution in [0.25, 0.3) is 6.08 Å². The van der Waals surface area contributed by atoms with E-state index in [2.05, 4.69) is 21.2 Å². The quantitative estimate of drug-likeness (QED) is 0.567. The number of hydrogen-bond acceptors (Lipinski definition) is 4. The Bertz CT molecular complexity index is 689. The van der Waals surface area contributed by atoms with E-state index in [1.165, 1.54) is 6.42 Å². The highest BCUT2D eigenvalue weighted by Gasteiger charge is 2.18. The van der Waals surface area contributed by atoms with Gasteiger partial charge in [-0.2, -0.15) is 5.26 Å². The maximum Gasteiger partial charge on any atom is 0.262 e. The van der Waals surface area contributed by atoms with Gasteiger partial charge in [0, 0.05) is 6.04 Å². The van der Waals surface area contributed by atoms with Crippen LogP contribution in [0.3, 0.4) is 0 Å². The van der Waals surface area contributed by atoms with Gasteiger partial charge in [-0.15, -0.1) is 0 Å². The van der Waals surface area contributed by atoms with Crippen molar-refractivity contribution in [2.24, 2.45) is 0 Å². The van der Waals surface area contributed by atoms with Crippen molar-refractivity contribution in [2.45, 2.75) is 45.1 Å². The van der Waals surface area contributed by atoms with Crippen molar-refractivity contribution in [1.29, 1.82) is 5.26 Å². The Morgan fingerprint density at radius 3 is 2.72 bits per heavy atom. The van der Waals surface area contributed by atoms with Crippen LogP contribution in [-0.2, 0) is 4.79 Å². The minimum absolute atomic E-state index is 0.0880. The number of nitrogens with one attached hydrogen (secondary N) is 1. The molecule has 0 saturated heterocycles. The Balaban J connectivity index is 2.23. The molecule has 0 aliphatic heterocycles. The van der Waals surface area contributed by atoms with Gasteiger partial charge in [0.1, 0.15) is 11.6 Å². The van der Waals surface area contributed by atoms with Crippen LogP contribution in [0, 0.1) is 11.3 Å². The van der Waals surface area contributed by atoms with Crippen LogP contribution in [0.15, 0.2) is 22.2 Å². The van der Waals surface area contributed by atoms with Crippen LogP contribution in [0.1, 0.15) is 44.6 Å². The molecule has 0 aromatic heterocycles. The first-order valence-corrected chi connectivity index (χ1v) is 9.31. The van der Waals surface area contributed by atoms with Gasteiger partial charge < -0.3 is 14.8 Å². The summed E-state index contributed by atoms with van der Waals surface area (Å²) in [6, 6.07) is 5.73. The molecule has 0 heterocycles. The number of methoxy groups -OCH3 is 1. The zero-order valence-electron chi connectivity index (χ0n) is 14.6. The van der Waals surface area contributed by atoms with Gasteiger partial charge in [0.25, 0.3) is 5.91 Å². The average molecular weight is 407 g/mol. The molecule has 1 aliphatic carbocycles. The molecule has 6 heteroatoms. The van der Waals surface area contributed by atoms with E-state index in [4.69, 9.17) is 9.47 Å². The highest BCUT2D eigenvalue weighted by molar-refractivity contribution is 9.10. The first kappa shape index (κ1) is 19.3. The number of nitrogens with zero attached hydrogens (tertiary/aromatic N) is 1. The SMILES string of the molecule is CCOc1cc(C=C(C#N)C(=O)NC2CCCCC2)cc(Br)c1OC. The molecule has 134 valence electrons. The predicted molar refractivity (Wildman–Crippen MR) is 100 cm³/mol. The van der Waals surface area contributed by atoms with Crippen LogP contribution >= 0.6 is 15.9 Å². The Kier molecular flexibility index (Phi) is 7.32. The summed E-state index contributed by atoms with van der Waals surface area (Å²) in [6.45, 7) is 2.37. The number of benzene rings is 1. The Hall–Kier alpha value is -2.00. The number of carbonyl (C=O) groups is 1. The van der Waals surface area contributed by atoms with E-state index in [9.17, 15) is 10.1 Å². The molecule has 0 unspecified atom stereocenters. The molecule has 1 amide bonds. The fraction of sp³-hybridized carbons (Fsp3) is 0.474. The molecule has 1 aromatic rings. The second-order valence-corrected chi connectivity index (χ2v) is 6.80. The highest BCUT2D eigenvalue weighted by atomic mass is 79.9. The van der Waals surface area contributed by atoms with Gasteiger partial charge in [0.2, 0.25) is 0 Å². The summed E-state index contributed by atoms with van der Waals surface area (Å²) in [5.74, 6) is 0.832. The van der Waals surface area contributed by atoms with E-state index >= 15 is 0 Å². The van der Waals surface area contributed by atoms with E-state index in [1.54, 1.807) is 25.3 Å². The minimum Gasteiger partial charge on any atom is -0.492 e. The van der Waals surface area contributed by atoms with Crippen molar-refractivity contribution in [3.05, 3.63) is 27.7 Å². The van der Waals surface area contributed by atoms with E-state index in [0.29, 0.717) is 28.1 Å². The largest absolute Gasteiger partial charge is 0.492 e. The standard InChI is InChI=1S/C19H23BrN2O3/c1-3-25-17-11-13(10-16(20)18(17)24-2)9-14(12-21)19(23)22-15-7-5-4-6-8-15/h9-11,15H,3-8H2,1-2H3,(H,22,23). The van der Waals surface area contributed by atoms with Crippen LogP contribution in [0.2, 0.25) is 0 Å². The van der Waals surface area contributed by atoms with Gasteiger partial charge in [0.15, 0.2) is 11.5 Å². The van der Waals surface area contributed by atoms with Crippen molar-refractivity contribution in [3.8, 4) is 17.6 Å². The molecule has 0 atom stereocenters. The Morgan fingerprint density at radius 1 is 1.40 bits per heavy atom. The average Bonchev–Trinajstić information content (AvgIpc) is 2.60. The van der Waals surface area contributed by atoms with Gasteiger partial charge in [-0.25, -0.2) is 0 Å². The van der Waals surface area contributed by atoms with Crippen molar-refractivity contribution in [2.75, 3.05) is 13.7 Å². The van der Waals surface area contributed by atoms with Crippen molar-refractivity contribution < 1.29 is 14.3 Å².